The number of benzene rings is 4. The van der Waals surface area contributed by atoms with Crippen LogP contribution in [0.4, 0.5) is 11.4 Å². The number of carbonyl (C=O) groups excluding carboxylic acids is 1. The van der Waals surface area contributed by atoms with Gasteiger partial charge in [0.15, 0.2) is 0 Å². The van der Waals surface area contributed by atoms with Crippen LogP contribution >= 0.6 is 23.2 Å². The Morgan fingerprint density at radius 2 is 1.46 bits per heavy atom. The van der Waals surface area contributed by atoms with Gasteiger partial charge in [-0.25, -0.2) is 8.42 Å². The molecule has 1 heterocycles. The summed E-state index contributed by atoms with van der Waals surface area (Å²) in [6.45, 7) is 1.96. The lowest BCUT2D eigenvalue weighted by atomic mass is 10.0. The third-order valence-electron chi connectivity index (χ3n) is 6.69. The molecule has 5 nitrogen and oxygen atoms in total. The zero-order chi connectivity index (χ0) is 27.6. The topological polar surface area (TPSA) is 57.7 Å². The van der Waals surface area contributed by atoms with E-state index in [1.807, 2.05) is 67.6 Å². The van der Waals surface area contributed by atoms with E-state index in [1.54, 1.807) is 53.4 Å². The van der Waals surface area contributed by atoms with Crippen molar-refractivity contribution in [3.63, 3.8) is 0 Å². The summed E-state index contributed by atoms with van der Waals surface area (Å²) >= 11 is 12.7. The van der Waals surface area contributed by atoms with Crippen LogP contribution in [-0.2, 0) is 14.8 Å². The van der Waals surface area contributed by atoms with Crippen LogP contribution < -0.4 is 4.90 Å². The zero-order valence-electron chi connectivity index (χ0n) is 21.2. The van der Waals surface area contributed by atoms with Gasteiger partial charge in [0.1, 0.15) is 0 Å². The minimum atomic E-state index is -3.90. The lowest BCUT2D eigenvalue weighted by molar-refractivity contribution is -0.113. The van der Waals surface area contributed by atoms with E-state index in [9.17, 15) is 13.2 Å². The lowest BCUT2D eigenvalue weighted by Gasteiger charge is -2.25. The highest BCUT2D eigenvalue weighted by molar-refractivity contribution is 7.89. The van der Waals surface area contributed by atoms with Gasteiger partial charge >= 0.3 is 0 Å². The Morgan fingerprint density at radius 3 is 2.03 bits per heavy atom. The number of hydrogen-bond donors (Lipinski definition) is 0. The maximum Gasteiger partial charge on any atom is 0.255 e. The molecule has 1 atom stereocenters. The van der Waals surface area contributed by atoms with Gasteiger partial charge in [0.2, 0.25) is 10.0 Å². The second kappa shape index (κ2) is 11.4. The summed E-state index contributed by atoms with van der Waals surface area (Å²) in [5.41, 5.74) is 3.70. The predicted octanol–water partition coefficient (Wildman–Crippen LogP) is 7.73. The van der Waals surface area contributed by atoms with Crippen LogP contribution in [0.5, 0.6) is 0 Å². The molecule has 1 aliphatic rings. The van der Waals surface area contributed by atoms with Crippen molar-refractivity contribution < 1.29 is 13.2 Å². The third-order valence-corrected chi connectivity index (χ3v) is 9.12. The minimum Gasteiger partial charge on any atom is -0.278 e. The molecule has 39 heavy (non-hydrogen) atoms. The Hall–Kier alpha value is -3.42. The van der Waals surface area contributed by atoms with Crippen LogP contribution in [0.3, 0.4) is 0 Å². The molecular weight excluding hydrogens is 551 g/mol. The molecule has 0 aromatic heterocycles. The smallest absolute Gasteiger partial charge is 0.255 e. The molecule has 0 saturated carbocycles. The molecule has 8 heteroatoms. The van der Waals surface area contributed by atoms with E-state index in [0.29, 0.717) is 39.0 Å². The molecule has 1 amide bonds. The van der Waals surface area contributed by atoms with Crippen molar-refractivity contribution in [1.82, 2.24) is 4.31 Å². The first-order valence-corrected chi connectivity index (χ1v) is 14.6. The molecule has 1 fully saturated rings. The Balaban J connectivity index is 1.55. The third kappa shape index (κ3) is 5.80. The quantitative estimate of drug-likeness (QED) is 0.221. The van der Waals surface area contributed by atoms with Crippen molar-refractivity contribution in [3.05, 3.63) is 136 Å². The highest BCUT2D eigenvalue weighted by atomic mass is 35.5. The van der Waals surface area contributed by atoms with Crippen LogP contribution in [0, 0.1) is 6.92 Å². The van der Waals surface area contributed by atoms with E-state index in [-0.39, 0.29) is 17.3 Å². The Bertz CT molecular complexity index is 1580. The Morgan fingerprint density at radius 1 is 0.872 bits per heavy atom. The van der Waals surface area contributed by atoms with Crippen molar-refractivity contribution >= 4 is 50.5 Å². The monoisotopic (exact) mass is 576 g/mol. The molecule has 0 aliphatic carbocycles. The number of rotatable bonds is 6. The van der Waals surface area contributed by atoms with Gasteiger partial charge in [0, 0.05) is 34.0 Å². The maximum atomic E-state index is 13.9. The number of aryl methyl sites for hydroxylation is 1. The molecule has 198 valence electrons. The molecule has 4 aromatic carbocycles. The van der Waals surface area contributed by atoms with E-state index in [2.05, 4.69) is 0 Å². The summed E-state index contributed by atoms with van der Waals surface area (Å²) in [6, 6.07) is 29.9. The predicted molar refractivity (Wildman–Crippen MR) is 157 cm³/mol. The van der Waals surface area contributed by atoms with Gasteiger partial charge < -0.3 is 0 Å². The van der Waals surface area contributed by atoms with Crippen molar-refractivity contribution in [2.24, 2.45) is 0 Å². The fourth-order valence-corrected chi connectivity index (χ4v) is 6.91. The Labute approximate surface area is 239 Å². The van der Waals surface area contributed by atoms with Crippen LogP contribution in [0.15, 0.2) is 120 Å². The van der Waals surface area contributed by atoms with Gasteiger partial charge in [-0.15, -0.1) is 0 Å². The first kappa shape index (κ1) is 27.2. The number of sulfonamides is 1. The number of anilines is 2. The van der Waals surface area contributed by atoms with Crippen molar-refractivity contribution in [2.45, 2.75) is 24.3 Å². The second-order valence-corrected chi connectivity index (χ2v) is 12.1. The zero-order valence-corrected chi connectivity index (χ0v) is 23.5. The van der Waals surface area contributed by atoms with Crippen molar-refractivity contribution in [2.75, 3.05) is 11.4 Å². The van der Waals surface area contributed by atoms with E-state index in [0.717, 1.165) is 5.56 Å². The van der Waals surface area contributed by atoms with E-state index in [1.165, 1.54) is 4.31 Å². The van der Waals surface area contributed by atoms with Gasteiger partial charge in [-0.3, -0.25) is 9.69 Å². The standard InChI is InChI=1S/C31H26Cl2N2O3S/c1-22-12-15-27(16-13-22)39(37,38)34-21-23(18-30(34)28-17-14-24(32)20-29(28)33)19-31(36)35(25-8-4-2-5-9-25)26-10-6-3-7-11-26/h2-17,19-20,30H,18,21H2,1H3/b23-19+. The molecule has 1 aliphatic heterocycles. The van der Waals surface area contributed by atoms with Crippen LogP contribution in [0.1, 0.15) is 23.6 Å². The van der Waals surface area contributed by atoms with Crippen LogP contribution in [0.25, 0.3) is 0 Å². The molecule has 1 unspecified atom stereocenters. The van der Waals surface area contributed by atoms with E-state index in [4.69, 9.17) is 23.2 Å². The van der Waals surface area contributed by atoms with Gasteiger partial charge in [-0.05, 0) is 73.0 Å². The molecule has 0 N–H and O–H groups in total. The summed E-state index contributed by atoms with van der Waals surface area (Å²) in [5, 5.41) is 0.835. The number of para-hydroxylation sites is 2. The summed E-state index contributed by atoms with van der Waals surface area (Å²) in [6.07, 6.45) is 1.86. The van der Waals surface area contributed by atoms with Crippen molar-refractivity contribution in [3.8, 4) is 0 Å². The summed E-state index contributed by atoms with van der Waals surface area (Å²) in [5.74, 6) is -0.266. The molecule has 4 aromatic rings. The van der Waals surface area contributed by atoms with Gasteiger partial charge in [-0.2, -0.15) is 4.31 Å². The number of amides is 1. The SMILES string of the molecule is Cc1ccc(S(=O)(=O)N2C/C(=C/C(=O)N(c3ccccc3)c3ccccc3)CC2c2ccc(Cl)cc2Cl)cc1. The number of hydrogen-bond acceptors (Lipinski definition) is 3. The summed E-state index contributed by atoms with van der Waals surface area (Å²) < 4.78 is 29.1. The van der Waals surface area contributed by atoms with E-state index < -0.39 is 16.1 Å². The van der Waals surface area contributed by atoms with E-state index >= 15 is 0 Å². The number of nitrogens with zero attached hydrogens (tertiary/aromatic N) is 2. The molecule has 0 radical (unpaired) electrons. The fraction of sp³-hybridized carbons (Fsp3) is 0.129. The molecule has 0 bridgehead atoms. The number of carbonyl (C=O) groups is 1. The van der Waals surface area contributed by atoms with Crippen LogP contribution in [-0.4, -0.2) is 25.2 Å². The van der Waals surface area contributed by atoms with Crippen molar-refractivity contribution in [1.29, 1.82) is 0 Å². The second-order valence-electron chi connectivity index (χ2n) is 9.40. The Kier molecular flexibility index (Phi) is 7.91. The summed E-state index contributed by atoms with van der Waals surface area (Å²) in [4.78, 5) is 15.6. The normalized spacial score (nSPS) is 16.9. The fourth-order valence-electron chi connectivity index (χ4n) is 4.76. The van der Waals surface area contributed by atoms with Gasteiger partial charge in [0.25, 0.3) is 5.91 Å². The first-order chi connectivity index (χ1) is 18.7. The maximum absolute atomic E-state index is 13.9. The van der Waals surface area contributed by atoms with Gasteiger partial charge in [0.05, 0.1) is 10.9 Å². The largest absolute Gasteiger partial charge is 0.278 e. The number of halogens is 2. The molecule has 1 saturated heterocycles. The van der Waals surface area contributed by atoms with Gasteiger partial charge in [-0.1, -0.05) is 83.4 Å². The minimum absolute atomic E-state index is 0.0585. The molecule has 5 rings (SSSR count). The summed E-state index contributed by atoms with van der Waals surface area (Å²) in [7, 11) is -3.90. The average Bonchev–Trinajstić information content (AvgIpc) is 3.34. The first-order valence-electron chi connectivity index (χ1n) is 12.4. The highest BCUT2D eigenvalue weighted by Gasteiger charge is 2.40. The van der Waals surface area contributed by atoms with Crippen LogP contribution in [0.2, 0.25) is 10.0 Å². The highest BCUT2D eigenvalue weighted by Crippen LogP contribution is 2.42. The molecule has 0 spiro atoms. The lowest BCUT2D eigenvalue weighted by Crippen LogP contribution is -2.31. The molecular formula is C31H26Cl2N2O3S. The average molecular weight is 578 g/mol.